The smallest absolute Gasteiger partial charge is 0.164 e. The van der Waals surface area contributed by atoms with Gasteiger partial charge in [0.2, 0.25) is 0 Å². The number of aromatic nitrogens is 4. The summed E-state index contributed by atoms with van der Waals surface area (Å²) < 4.78 is 3.61. The highest BCUT2D eigenvalue weighted by Gasteiger charge is 2.40. The van der Waals surface area contributed by atoms with Crippen LogP contribution in [0.3, 0.4) is 0 Å². The molecule has 0 amide bonds. The Balaban J connectivity index is 1.62. The first-order valence-electron chi connectivity index (χ1n) is 11.4. The van der Waals surface area contributed by atoms with Crippen LogP contribution in [-0.2, 0) is 0 Å². The van der Waals surface area contributed by atoms with Crippen LogP contribution in [0.1, 0.15) is 34.1 Å². The minimum absolute atomic E-state index is 0.382. The largest absolute Gasteiger partial charge is 0.318 e. The fourth-order valence-corrected chi connectivity index (χ4v) is 5.66. The lowest BCUT2D eigenvalue weighted by Crippen LogP contribution is -2.36. The molecule has 1 atom stereocenters. The number of hydrogen-bond donors (Lipinski definition) is 0. The second kappa shape index (κ2) is 8.66. The van der Waals surface area contributed by atoms with Gasteiger partial charge in [0.25, 0.3) is 0 Å². The van der Waals surface area contributed by atoms with Gasteiger partial charge < -0.3 is 4.90 Å². The van der Waals surface area contributed by atoms with Gasteiger partial charge in [-0.25, -0.2) is 14.4 Å². The molecule has 0 saturated heterocycles. The topological polar surface area (TPSA) is 51.2 Å². The van der Waals surface area contributed by atoms with Crippen molar-refractivity contribution in [1.29, 1.82) is 0 Å². The summed E-state index contributed by atoms with van der Waals surface area (Å²) in [6, 6.07) is 17.6. The fraction of sp³-hybridized carbons (Fsp3) is 0.148. The molecule has 0 aliphatic carbocycles. The number of benzene rings is 2. The number of nitrogens with zero attached hydrogens (tertiary/aromatic N) is 6. The van der Waals surface area contributed by atoms with Crippen LogP contribution in [0, 0.1) is 20.8 Å². The standard InChI is InChI=1S/C27H21Cl3N6/c1-15-9-11-20(12-10-15)36-27-23(17(3)33-36)24(34-14-18(28)13-21(29)26(34)31-27)22-16(2)32-35(25(22)30)19-7-5-4-6-8-19/h4-14,24H,1-3H3/t24-/m1/s1. The summed E-state index contributed by atoms with van der Waals surface area (Å²) >= 11 is 20.2. The summed E-state index contributed by atoms with van der Waals surface area (Å²) in [7, 11) is 0. The number of para-hydroxylation sites is 1. The summed E-state index contributed by atoms with van der Waals surface area (Å²) in [6.45, 7) is 5.99. The third-order valence-electron chi connectivity index (χ3n) is 6.43. The molecule has 2 aromatic carbocycles. The van der Waals surface area contributed by atoms with Crippen molar-refractivity contribution in [1.82, 2.24) is 24.5 Å². The first-order valence-corrected chi connectivity index (χ1v) is 12.6. The van der Waals surface area contributed by atoms with E-state index < -0.39 is 0 Å². The average Bonchev–Trinajstić information content (AvgIpc) is 3.35. The van der Waals surface area contributed by atoms with Gasteiger partial charge in [0.15, 0.2) is 11.7 Å². The number of fused-ring (bicyclic) bond motifs is 2. The number of halogens is 3. The van der Waals surface area contributed by atoms with Crippen molar-refractivity contribution >= 4 is 46.5 Å². The van der Waals surface area contributed by atoms with E-state index in [-0.39, 0.29) is 6.04 Å². The average molecular weight is 536 g/mol. The molecule has 0 spiro atoms. The Kier molecular flexibility index (Phi) is 5.56. The van der Waals surface area contributed by atoms with Crippen LogP contribution >= 0.6 is 34.8 Å². The first kappa shape index (κ1) is 23.1. The van der Waals surface area contributed by atoms with Gasteiger partial charge in [0, 0.05) is 17.3 Å². The van der Waals surface area contributed by atoms with Crippen molar-refractivity contribution in [2.45, 2.75) is 26.8 Å². The van der Waals surface area contributed by atoms with E-state index >= 15 is 0 Å². The van der Waals surface area contributed by atoms with Gasteiger partial charge >= 0.3 is 0 Å². The summed E-state index contributed by atoms with van der Waals surface area (Å²) in [5, 5.41) is 11.1. The maximum absolute atomic E-state index is 7.07. The molecule has 0 bridgehead atoms. The van der Waals surface area contributed by atoms with Gasteiger partial charge in [0.1, 0.15) is 5.15 Å². The number of rotatable bonds is 3. The maximum atomic E-state index is 7.07. The Morgan fingerprint density at radius 3 is 2.11 bits per heavy atom. The van der Waals surface area contributed by atoms with Crippen molar-refractivity contribution in [3.8, 4) is 11.4 Å². The Hall–Kier alpha value is -3.32. The third kappa shape index (κ3) is 3.60. The van der Waals surface area contributed by atoms with E-state index in [2.05, 4.69) is 19.1 Å². The summed E-state index contributed by atoms with van der Waals surface area (Å²) in [5.41, 5.74) is 6.33. The molecule has 0 unspecified atom stereocenters. The van der Waals surface area contributed by atoms with Crippen molar-refractivity contribution in [3.63, 3.8) is 0 Å². The Bertz CT molecular complexity index is 1590. The van der Waals surface area contributed by atoms with E-state index in [1.54, 1.807) is 10.8 Å². The fourth-order valence-electron chi connectivity index (χ4n) is 4.75. The number of aryl methyl sites for hydroxylation is 3. The lowest BCUT2D eigenvalue weighted by atomic mass is 9.95. The van der Waals surface area contributed by atoms with Crippen LogP contribution in [0.2, 0.25) is 5.15 Å². The molecule has 0 radical (unpaired) electrons. The van der Waals surface area contributed by atoms with Crippen LogP contribution in [0.25, 0.3) is 11.4 Å². The zero-order valence-corrected chi connectivity index (χ0v) is 22.0. The predicted octanol–water partition coefficient (Wildman–Crippen LogP) is 7.29. The van der Waals surface area contributed by atoms with Crippen LogP contribution in [0.5, 0.6) is 0 Å². The van der Waals surface area contributed by atoms with Gasteiger partial charge in [-0.05, 0) is 51.1 Å². The second-order valence-corrected chi connectivity index (χ2v) is 10.1. The minimum Gasteiger partial charge on any atom is -0.318 e. The van der Waals surface area contributed by atoms with E-state index in [4.69, 9.17) is 50.0 Å². The summed E-state index contributed by atoms with van der Waals surface area (Å²) in [6.07, 6.45) is 3.53. The number of amidine groups is 1. The first-order chi connectivity index (χ1) is 17.3. The molecule has 2 aliphatic heterocycles. The van der Waals surface area contributed by atoms with E-state index in [0.29, 0.717) is 26.9 Å². The monoisotopic (exact) mass is 534 g/mol. The van der Waals surface area contributed by atoms with Gasteiger partial charge in [-0.3, -0.25) is 0 Å². The van der Waals surface area contributed by atoms with Crippen LogP contribution in [-0.4, -0.2) is 30.3 Å². The molecule has 9 heteroatoms. The normalized spacial score (nSPS) is 16.8. The van der Waals surface area contributed by atoms with Gasteiger partial charge in [-0.1, -0.05) is 70.7 Å². The van der Waals surface area contributed by atoms with E-state index in [0.717, 1.165) is 33.9 Å². The molecular weight excluding hydrogens is 515 g/mol. The third-order valence-corrected chi connectivity index (χ3v) is 7.28. The molecule has 0 N–H and O–H groups in total. The molecule has 4 aromatic rings. The molecule has 6 nitrogen and oxygen atoms in total. The summed E-state index contributed by atoms with van der Waals surface area (Å²) in [4.78, 5) is 6.94. The Labute approximate surface area is 223 Å². The van der Waals surface area contributed by atoms with E-state index in [1.165, 1.54) is 5.56 Å². The number of aliphatic imine (C=N–C) groups is 1. The SMILES string of the molecule is Cc1ccc(-n2nc(C)c3c2N=C2C(Cl)=CC(Cl)=CN2[C@@H]3c2c(C)nn(-c3ccccc3)c2Cl)cc1. The summed E-state index contributed by atoms with van der Waals surface area (Å²) in [5.74, 6) is 1.28. The molecule has 2 aromatic heterocycles. The van der Waals surface area contributed by atoms with Crippen molar-refractivity contribution in [3.05, 3.63) is 110 Å². The maximum Gasteiger partial charge on any atom is 0.164 e. The second-order valence-electron chi connectivity index (χ2n) is 8.86. The molecule has 6 rings (SSSR count). The van der Waals surface area contributed by atoms with E-state index in [9.17, 15) is 0 Å². The predicted molar refractivity (Wildman–Crippen MR) is 145 cm³/mol. The zero-order valence-electron chi connectivity index (χ0n) is 19.7. The molecule has 180 valence electrons. The zero-order chi connectivity index (χ0) is 25.1. The number of hydrogen-bond acceptors (Lipinski definition) is 4. The Morgan fingerprint density at radius 1 is 0.750 bits per heavy atom. The van der Waals surface area contributed by atoms with Crippen LogP contribution in [0.4, 0.5) is 5.82 Å². The quantitative estimate of drug-likeness (QED) is 0.277. The van der Waals surface area contributed by atoms with Gasteiger partial charge in [-0.2, -0.15) is 10.2 Å². The minimum atomic E-state index is -0.382. The van der Waals surface area contributed by atoms with Crippen molar-refractivity contribution in [2.75, 3.05) is 0 Å². The highest BCUT2D eigenvalue weighted by atomic mass is 35.5. The highest BCUT2D eigenvalue weighted by Crippen LogP contribution is 2.48. The number of allylic oxidation sites excluding steroid dienone is 2. The lowest BCUT2D eigenvalue weighted by Gasteiger charge is -2.36. The highest BCUT2D eigenvalue weighted by molar-refractivity contribution is 6.45. The molecule has 4 heterocycles. The lowest BCUT2D eigenvalue weighted by molar-refractivity contribution is 0.458. The Morgan fingerprint density at radius 2 is 1.39 bits per heavy atom. The van der Waals surface area contributed by atoms with Crippen LogP contribution < -0.4 is 0 Å². The van der Waals surface area contributed by atoms with Crippen molar-refractivity contribution in [2.24, 2.45) is 4.99 Å². The van der Waals surface area contributed by atoms with Gasteiger partial charge in [-0.15, -0.1) is 0 Å². The molecule has 2 aliphatic rings. The van der Waals surface area contributed by atoms with Gasteiger partial charge in [0.05, 0.1) is 38.9 Å². The van der Waals surface area contributed by atoms with Crippen LogP contribution in [0.15, 0.2) is 81.9 Å². The molecular formula is C27H21Cl3N6. The van der Waals surface area contributed by atoms with E-state index in [1.807, 2.05) is 72.1 Å². The molecule has 36 heavy (non-hydrogen) atoms. The molecule has 0 saturated carbocycles. The molecule has 0 fully saturated rings. The van der Waals surface area contributed by atoms with Crippen molar-refractivity contribution < 1.29 is 0 Å².